The third-order valence-corrected chi connectivity index (χ3v) is 5.08. The fourth-order valence-electron chi connectivity index (χ4n) is 3.62. The number of aliphatic imine (C=N–C) groups is 1. The van der Waals surface area contributed by atoms with E-state index in [1.54, 1.807) is 0 Å². The molecule has 1 aliphatic heterocycles. The maximum atomic E-state index is 4.83. The Bertz CT molecular complexity index is 349. The Balaban J connectivity index is 0.00000288. The highest BCUT2D eigenvalue weighted by Crippen LogP contribution is 2.17. The van der Waals surface area contributed by atoms with E-state index in [9.17, 15) is 0 Å². The summed E-state index contributed by atoms with van der Waals surface area (Å²) in [7, 11) is 0. The van der Waals surface area contributed by atoms with Crippen LogP contribution in [0.5, 0.6) is 0 Å². The summed E-state index contributed by atoms with van der Waals surface area (Å²) < 4.78 is 0. The van der Waals surface area contributed by atoms with Crippen molar-refractivity contribution >= 4 is 29.9 Å². The number of guanidine groups is 1. The molecule has 142 valence electrons. The van der Waals surface area contributed by atoms with Crippen LogP contribution in [0.2, 0.25) is 0 Å². The van der Waals surface area contributed by atoms with Crippen LogP contribution in [0.4, 0.5) is 0 Å². The molecule has 0 aromatic heterocycles. The predicted molar refractivity (Wildman–Crippen MR) is 115 cm³/mol. The van der Waals surface area contributed by atoms with Crippen LogP contribution in [0, 0.1) is 5.92 Å². The monoisotopic (exact) mass is 451 g/mol. The van der Waals surface area contributed by atoms with Gasteiger partial charge in [-0.2, -0.15) is 0 Å². The van der Waals surface area contributed by atoms with Gasteiger partial charge in [0.1, 0.15) is 0 Å². The van der Waals surface area contributed by atoms with Crippen molar-refractivity contribution in [1.82, 2.24) is 20.4 Å². The van der Waals surface area contributed by atoms with Gasteiger partial charge in [0.05, 0.1) is 0 Å². The molecule has 2 fully saturated rings. The molecule has 24 heavy (non-hydrogen) atoms. The third kappa shape index (κ3) is 7.87. The van der Waals surface area contributed by atoms with Crippen LogP contribution in [0.15, 0.2) is 4.99 Å². The Kier molecular flexibility index (Phi) is 11.3. The largest absolute Gasteiger partial charge is 0.357 e. The van der Waals surface area contributed by atoms with Crippen LogP contribution in [0.3, 0.4) is 0 Å². The van der Waals surface area contributed by atoms with Crippen molar-refractivity contribution in [1.29, 1.82) is 0 Å². The first-order valence-corrected chi connectivity index (χ1v) is 9.70. The molecule has 0 bridgehead atoms. The molecule has 6 heteroatoms. The van der Waals surface area contributed by atoms with Gasteiger partial charge >= 0.3 is 0 Å². The van der Waals surface area contributed by atoms with Crippen molar-refractivity contribution in [2.45, 2.75) is 52.5 Å². The first kappa shape index (κ1) is 22.0. The van der Waals surface area contributed by atoms with Crippen LogP contribution >= 0.6 is 24.0 Å². The van der Waals surface area contributed by atoms with E-state index in [0.717, 1.165) is 19.0 Å². The number of hydrogen-bond donors (Lipinski definition) is 2. The summed E-state index contributed by atoms with van der Waals surface area (Å²) in [6.45, 7) is 15.8. The zero-order chi connectivity index (χ0) is 16.5. The molecule has 0 aromatic rings. The summed E-state index contributed by atoms with van der Waals surface area (Å²) in [4.78, 5) is 9.97. The number of likely N-dealkylation sites (N-methyl/N-ethyl adjacent to an activating group) is 1. The van der Waals surface area contributed by atoms with Gasteiger partial charge in [-0.15, -0.1) is 24.0 Å². The smallest absolute Gasteiger partial charge is 0.191 e. The molecular formula is C18H38IN5. The zero-order valence-electron chi connectivity index (χ0n) is 15.9. The lowest BCUT2D eigenvalue weighted by Crippen LogP contribution is -2.47. The lowest BCUT2D eigenvalue weighted by molar-refractivity contribution is 0.125. The average molecular weight is 451 g/mol. The Morgan fingerprint density at radius 3 is 2.29 bits per heavy atom. The maximum Gasteiger partial charge on any atom is 0.191 e. The molecule has 0 amide bonds. The Labute approximate surface area is 166 Å². The molecule has 0 aromatic carbocycles. The minimum atomic E-state index is 0. The summed E-state index contributed by atoms with van der Waals surface area (Å²) in [6.07, 6.45) is 5.30. The van der Waals surface area contributed by atoms with Gasteiger partial charge < -0.3 is 20.4 Å². The second-order valence-corrected chi connectivity index (χ2v) is 7.19. The predicted octanol–water partition coefficient (Wildman–Crippen LogP) is 2.38. The second kappa shape index (κ2) is 12.3. The van der Waals surface area contributed by atoms with E-state index in [1.807, 2.05) is 0 Å². The molecule has 1 saturated heterocycles. The molecule has 1 heterocycles. The van der Waals surface area contributed by atoms with E-state index in [-0.39, 0.29) is 24.0 Å². The highest BCUT2D eigenvalue weighted by Gasteiger charge is 2.18. The van der Waals surface area contributed by atoms with Gasteiger partial charge in [0.15, 0.2) is 5.96 Å². The number of nitrogens with one attached hydrogen (secondary N) is 2. The fraction of sp³-hybridized carbons (Fsp3) is 0.944. The molecular weight excluding hydrogens is 413 g/mol. The first-order chi connectivity index (χ1) is 11.2. The van der Waals surface area contributed by atoms with Crippen molar-refractivity contribution < 1.29 is 0 Å². The normalized spacial score (nSPS) is 22.2. The van der Waals surface area contributed by atoms with Gasteiger partial charge in [0, 0.05) is 51.9 Å². The van der Waals surface area contributed by atoms with Crippen molar-refractivity contribution in [3.63, 3.8) is 0 Å². The van der Waals surface area contributed by atoms with Crippen molar-refractivity contribution in [2.24, 2.45) is 10.9 Å². The van der Waals surface area contributed by atoms with E-state index in [0.29, 0.717) is 12.0 Å². The SMILES string of the molecule is CCNC(=NCC(C)CN1CCN(CC)CC1)NC1CCCC1.I. The average Bonchev–Trinajstić information content (AvgIpc) is 3.06. The molecule has 0 spiro atoms. The topological polar surface area (TPSA) is 42.9 Å². The summed E-state index contributed by atoms with van der Waals surface area (Å²) in [6, 6.07) is 0.630. The lowest BCUT2D eigenvalue weighted by atomic mass is 10.1. The van der Waals surface area contributed by atoms with Gasteiger partial charge in [-0.1, -0.05) is 26.7 Å². The van der Waals surface area contributed by atoms with Crippen molar-refractivity contribution in [3.05, 3.63) is 0 Å². The maximum absolute atomic E-state index is 4.83. The Morgan fingerprint density at radius 1 is 1.08 bits per heavy atom. The summed E-state index contributed by atoms with van der Waals surface area (Å²) in [5.41, 5.74) is 0. The van der Waals surface area contributed by atoms with Crippen LogP contribution < -0.4 is 10.6 Å². The third-order valence-electron chi connectivity index (χ3n) is 5.08. The molecule has 1 aliphatic carbocycles. The number of rotatable bonds is 7. The number of nitrogens with zero attached hydrogens (tertiary/aromatic N) is 3. The molecule has 1 saturated carbocycles. The molecule has 2 rings (SSSR count). The zero-order valence-corrected chi connectivity index (χ0v) is 18.2. The first-order valence-electron chi connectivity index (χ1n) is 9.70. The van der Waals surface area contributed by atoms with E-state index in [2.05, 4.69) is 41.2 Å². The fourth-order valence-corrected chi connectivity index (χ4v) is 3.62. The Morgan fingerprint density at radius 2 is 1.71 bits per heavy atom. The van der Waals surface area contributed by atoms with E-state index >= 15 is 0 Å². The highest BCUT2D eigenvalue weighted by molar-refractivity contribution is 14.0. The van der Waals surface area contributed by atoms with E-state index in [1.165, 1.54) is 65.0 Å². The quantitative estimate of drug-likeness (QED) is 0.355. The number of hydrogen-bond acceptors (Lipinski definition) is 3. The summed E-state index contributed by atoms with van der Waals surface area (Å²) in [5, 5.41) is 7.01. The van der Waals surface area contributed by atoms with Gasteiger partial charge in [-0.3, -0.25) is 4.99 Å². The standard InChI is InChI=1S/C18H37N5.HI/c1-4-19-18(21-17-8-6-7-9-17)20-14-16(3)15-23-12-10-22(5-2)11-13-23;/h16-17H,4-15H2,1-3H3,(H2,19,20,21);1H. The summed E-state index contributed by atoms with van der Waals surface area (Å²) in [5.74, 6) is 1.63. The number of halogens is 1. The van der Waals surface area contributed by atoms with Crippen LogP contribution in [0.25, 0.3) is 0 Å². The molecule has 0 radical (unpaired) electrons. The molecule has 2 aliphatic rings. The van der Waals surface area contributed by atoms with Crippen LogP contribution in [0.1, 0.15) is 46.5 Å². The second-order valence-electron chi connectivity index (χ2n) is 7.19. The van der Waals surface area contributed by atoms with Gasteiger partial charge in [0.25, 0.3) is 0 Å². The highest BCUT2D eigenvalue weighted by atomic mass is 127. The van der Waals surface area contributed by atoms with Gasteiger partial charge in [-0.05, 0) is 32.2 Å². The lowest BCUT2D eigenvalue weighted by Gasteiger charge is -2.35. The number of piperazine rings is 1. The van der Waals surface area contributed by atoms with Gasteiger partial charge in [0.2, 0.25) is 0 Å². The van der Waals surface area contributed by atoms with Crippen LogP contribution in [-0.2, 0) is 0 Å². The minimum Gasteiger partial charge on any atom is -0.357 e. The van der Waals surface area contributed by atoms with Crippen molar-refractivity contribution in [2.75, 3.05) is 52.4 Å². The molecule has 1 atom stereocenters. The molecule has 2 N–H and O–H groups in total. The van der Waals surface area contributed by atoms with Crippen LogP contribution in [-0.4, -0.2) is 74.2 Å². The summed E-state index contributed by atoms with van der Waals surface area (Å²) >= 11 is 0. The molecule has 5 nitrogen and oxygen atoms in total. The Hall–Kier alpha value is -0.0800. The van der Waals surface area contributed by atoms with Gasteiger partial charge in [-0.25, -0.2) is 0 Å². The van der Waals surface area contributed by atoms with E-state index in [4.69, 9.17) is 4.99 Å². The molecule has 1 unspecified atom stereocenters. The van der Waals surface area contributed by atoms with E-state index < -0.39 is 0 Å². The minimum absolute atomic E-state index is 0. The van der Waals surface area contributed by atoms with Crippen molar-refractivity contribution in [3.8, 4) is 0 Å².